The SMILES string of the molecule is Cc1nn(-c2ccccc2)c(C)c1C=C1C(=O)NC(=S)NC1=O. The molecule has 0 saturated carbocycles. The van der Waals surface area contributed by atoms with Gasteiger partial charge in [0.1, 0.15) is 5.57 Å². The smallest absolute Gasteiger partial charge is 0.263 e. The number of nitrogens with zero attached hydrogens (tertiary/aromatic N) is 2. The van der Waals surface area contributed by atoms with Gasteiger partial charge in [0, 0.05) is 11.3 Å². The Morgan fingerprint density at radius 1 is 1.09 bits per heavy atom. The van der Waals surface area contributed by atoms with Gasteiger partial charge < -0.3 is 0 Å². The summed E-state index contributed by atoms with van der Waals surface area (Å²) in [7, 11) is 0. The third kappa shape index (κ3) is 2.78. The van der Waals surface area contributed by atoms with E-state index in [4.69, 9.17) is 12.2 Å². The van der Waals surface area contributed by atoms with Gasteiger partial charge in [-0.1, -0.05) is 18.2 Å². The first-order valence-corrected chi connectivity index (χ1v) is 7.38. The number of aromatic nitrogens is 2. The largest absolute Gasteiger partial charge is 0.299 e. The Morgan fingerprint density at radius 3 is 2.30 bits per heavy atom. The van der Waals surface area contributed by atoms with Crippen molar-refractivity contribution in [2.45, 2.75) is 13.8 Å². The van der Waals surface area contributed by atoms with E-state index in [1.54, 1.807) is 10.8 Å². The number of benzene rings is 1. The number of nitrogens with one attached hydrogen (secondary N) is 2. The molecule has 0 aliphatic carbocycles. The predicted molar refractivity (Wildman–Crippen MR) is 89.9 cm³/mol. The maximum absolute atomic E-state index is 12.0. The summed E-state index contributed by atoms with van der Waals surface area (Å²) in [4.78, 5) is 23.9. The van der Waals surface area contributed by atoms with Crippen LogP contribution in [0.15, 0.2) is 35.9 Å². The van der Waals surface area contributed by atoms with Crippen LogP contribution in [0, 0.1) is 13.8 Å². The van der Waals surface area contributed by atoms with Crippen LogP contribution in [0.3, 0.4) is 0 Å². The molecule has 23 heavy (non-hydrogen) atoms. The second-order valence-corrected chi connectivity index (χ2v) is 5.54. The lowest BCUT2D eigenvalue weighted by Crippen LogP contribution is -2.51. The van der Waals surface area contributed by atoms with Crippen molar-refractivity contribution in [1.29, 1.82) is 0 Å². The number of hydrogen-bond acceptors (Lipinski definition) is 4. The number of hydrogen-bond donors (Lipinski definition) is 2. The first-order chi connectivity index (χ1) is 11.0. The zero-order valence-corrected chi connectivity index (χ0v) is 13.4. The Bertz CT molecular complexity index is 830. The lowest BCUT2D eigenvalue weighted by Gasteiger charge is -2.16. The molecule has 2 amide bonds. The van der Waals surface area contributed by atoms with Gasteiger partial charge in [-0.3, -0.25) is 20.2 Å². The molecule has 0 atom stereocenters. The highest BCUT2D eigenvalue weighted by Gasteiger charge is 2.26. The van der Waals surface area contributed by atoms with Crippen molar-refractivity contribution in [3.63, 3.8) is 0 Å². The quantitative estimate of drug-likeness (QED) is 0.497. The van der Waals surface area contributed by atoms with Gasteiger partial charge in [-0.05, 0) is 44.3 Å². The Morgan fingerprint density at radius 2 is 1.70 bits per heavy atom. The average molecular weight is 326 g/mol. The number of aryl methyl sites for hydroxylation is 1. The maximum Gasteiger partial charge on any atom is 0.263 e. The normalized spacial score (nSPS) is 14.5. The van der Waals surface area contributed by atoms with Crippen LogP contribution >= 0.6 is 12.2 Å². The van der Waals surface area contributed by atoms with Crippen molar-refractivity contribution < 1.29 is 9.59 Å². The molecule has 0 bridgehead atoms. The van der Waals surface area contributed by atoms with Crippen LogP contribution in [0.25, 0.3) is 11.8 Å². The fourth-order valence-corrected chi connectivity index (χ4v) is 2.62. The van der Waals surface area contributed by atoms with E-state index in [0.717, 1.165) is 22.6 Å². The highest BCUT2D eigenvalue weighted by atomic mass is 32.1. The molecule has 1 fully saturated rings. The summed E-state index contributed by atoms with van der Waals surface area (Å²) < 4.78 is 1.78. The fraction of sp³-hybridized carbons (Fsp3) is 0.125. The lowest BCUT2D eigenvalue weighted by atomic mass is 10.1. The van der Waals surface area contributed by atoms with Crippen molar-refractivity contribution >= 4 is 35.2 Å². The molecule has 2 heterocycles. The molecule has 2 N–H and O–H groups in total. The minimum absolute atomic E-state index is 0.0115. The van der Waals surface area contributed by atoms with Gasteiger partial charge >= 0.3 is 0 Å². The number of rotatable bonds is 2. The topological polar surface area (TPSA) is 76.0 Å². The van der Waals surface area contributed by atoms with Crippen molar-refractivity contribution in [2.24, 2.45) is 0 Å². The van der Waals surface area contributed by atoms with Gasteiger partial charge in [0.15, 0.2) is 5.11 Å². The average Bonchev–Trinajstić information content (AvgIpc) is 2.79. The van der Waals surface area contributed by atoms with Crippen LogP contribution < -0.4 is 10.6 Å². The van der Waals surface area contributed by atoms with Crippen LogP contribution in [0.2, 0.25) is 0 Å². The van der Waals surface area contributed by atoms with Crippen molar-refractivity contribution in [2.75, 3.05) is 0 Å². The predicted octanol–water partition coefficient (Wildman–Crippen LogP) is 1.40. The molecule has 0 radical (unpaired) electrons. The molecule has 1 aromatic heterocycles. The Balaban J connectivity index is 2.06. The van der Waals surface area contributed by atoms with Gasteiger partial charge in [0.25, 0.3) is 11.8 Å². The second kappa shape index (κ2) is 5.77. The number of carbonyl (C=O) groups excluding carboxylic acids is 2. The van der Waals surface area contributed by atoms with Crippen molar-refractivity contribution in [1.82, 2.24) is 20.4 Å². The van der Waals surface area contributed by atoms with E-state index in [0.29, 0.717) is 0 Å². The summed E-state index contributed by atoms with van der Waals surface area (Å²) >= 11 is 4.79. The highest BCUT2D eigenvalue weighted by molar-refractivity contribution is 7.80. The molecule has 3 rings (SSSR count). The molecule has 0 unspecified atom stereocenters. The van der Waals surface area contributed by atoms with E-state index in [1.807, 2.05) is 44.2 Å². The molecule has 1 aliphatic rings. The lowest BCUT2D eigenvalue weighted by molar-refractivity contribution is -0.123. The summed E-state index contributed by atoms with van der Waals surface area (Å²) in [5.74, 6) is -1.02. The fourth-order valence-electron chi connectivity index (χ4n) is 2.43. The molecule has 0 spiro atoms. The third-order valence-electron chi connectivity index (χ3n) is 3.58. The minimum atomic E-state index is -0.509. The highest BCUT2D eigenvalue weighted by Crippen LogP contribution is 2.21. The Hall–Kier alpha value is -2.80. The molecule has 1 aromatic carbocycles. The molecular formula is C16H14N4O2S. The van der Waals surface area contributed by atoms with Gasteiger partial charge in [-0.2, -0.15) is 5.10 Å². The summed E-state index contributed by atoms with van der Waals surface area (Å²) in [5.41, 5.74) is 3.23. The number of thiocarbonyl (C=S) groups is 1. The van der Waals surface area contributed by atoms with Crippen LogP contribution in [0.5, 0.6) is 0 Å². The molecule has 1 aliphatic heterocycles. The van der Waals surface area contributed by atoms with Crippen LogP contribution in [-0.4, -0.2) is 26.7 Å². The molecule has 7 heteroatoms. The van der Waals surface area contributed by atoms with E-state index in [1.165, 1.54) is 0 Å². The Labute approximate surface area is 138 Å². The molecule has 1 saturated heterocycles. The molecule has 2 aromatic rings. The second-order valence-electron chi connectivity index (χ2n) is 5.13. The minimum Gasteiger partial charge on any atom is -0.299 e. The molecule has 116 valence electrons. The van der Waals surface area contributed by atoms with E-state index < -0.39 is 11.8 Å². The molecular weight excluding hydrogens is 312 g/mol. The number of carbonyl (C=O) groups is 2. The van der Waals surface area contributed by atoms with E-state index >= 15 is 0 Å². The van der Waals surface area contributed by atoms with Crippen LogP contribution in [-0.2, 0) is 9.59 Å². The van der Waals surface area contributed by atoms with Crippen molar-refractivity contribution in [3.05, 3.63) is 52.9 Å². The van der Waals surface area contributed by atoms with Crippen LogP contribution in [0.4, 0.5) is 0 Å². The van der Waals surface area contributed by atoms with Gasteiger partial charge in [-0.25, -0.2) is 4.68 Å². The van der Waals surface area contributed by atoms with E-state index in [2.05, 4.69) is 15.7 Å². The van der Waals surface area contributed by atoms with Gasteiger partial charge in [-0.15, -0.1) is 0 Å². The number of para-hydroxylation sites is 1. The van der Waals surface area contributed by atoms with E-state index in [9.17, 15) is 9.59 Å². The van der Waals surface area contributed by atoms with Gasteiger partial charge in [0.2, 0.25) is 0 Å². The first kappa shape index (κ1) is 15.1. The monoisotopic (exact) mass is 326 g/mol. The third-order valence-corrected chi connectivity index (χ3v) is 3.78. The summed E-state index contributed by atoms with van der Waals surface area (Å²) in [6.45, 7) is 3.73. The zero-order valence-electron chi connectivity index (χ0n) is 12.6. The number of amides is 2. The summed E-state index contributed by atoms with van der Waals surface area (Å²) in [6, 6.07) is 9.65. The van der Waals surface area contributed by atoms with E-state index in [-0.39, 0.29) is 10.7 Å². The standard InChI is InChI=1S/C16H14N4O2S/c1-9-12(8-13-14(21)17-16(23)18-15(13)22)10(2)20(19-9)11-6-4-3-5-7-11/h3-8H,1-2H3,(H2,17,18,21,22,23). The molecule has 6 nitrogen and oxygen atoms in total. The zero-order chi connectivity index (χ0) is 16.6. The summed E-state index contributed by atoms with van der Waals surface area (Å²) in [5, 5.41) is 9.36. The maximum atomic E-state index is 12.0. The van der Waals surface area contributed by atoms with Gasteiger partial charge in [0.05, 0.1) is 11.4 Å². The summed E-state index contributed by atoms with van der Waals surface area (Å²) in [6.07, 6.45) is 1.55. The van der Waals surface area contributed by atoms with Crippen molar-refractivity contribution in [3.8, 4) is 5.69 Å². The Kier molecular flexibility index (Phi) is 3.79. The first-order valence-electron chi connectivity index (χ1n) is 6.97. The van der Waals surface area contributed by atoms with Crippen LogP contribution in [0.1, 0.15) is 17.0 Å².